The van der Waals surface area contributed by atoms with Gasteiger partial charge in [-0.2, -0.15) is 5.10 Å². The maximum absolute atomic E-state index is 11.2. The van der Waals surface area contributed by atoms with Gasteiger partial charge in [-0.3, -0.25) is 35.8 Å². The number of halogens is 1. The van der Waals surface area contributed by atoms with Gasteiger partial charge in [0.2, 0.25) is 0 Å². The van der Waals surface area contributed by atoms with Crippen LogP contribution in [0.1, 0.15) is 11.1 Å². The molecule has 0 aliphatic heterocycles. The van der Waals surface area contributed by atoms with E-state index in [4.69, 9.17) is 9.47 Å². The number of hydrogen-bond donors (Lipinski definition) is 1. The summed E-state index contributed by atoms with van der Waals surface area (Å²) in [5.74, 6) is 0.756. The summed E-state index contributed by atoms with van der Waals surface area (Å²) in [4.78, 5) is 30.9. The minimum atomic E-state index is -0.748. The monoisotopic (exact) mass is 545 g/mol. The van der Waals surface area contributed by atoms with Gasteiger partial charge in [0, 0.05) is 18.2 Å². The Morgan fingerprint density at radius 1 is 0.943 bits per heavy atom. The van der Waals surface area contributed by atoms with Gasteiger partial charge in [-0.1, -0.05) is 0 Å². The zero-order valence-electron chi connectivity index (χ0n) is 17.9. The Hall–Kier alpha value is -4.59. The third-order valence-corrected chi connectivity index (χ3v) is 5.16. The van der Waals surface area contributed by atoms with Crippen molar-refractivity contribution in [1.82, 2.24) is 0 Å². The van der Waals surface area contributed by atoms with Crippen molar-refractivity contribution >= 4 is 44.9 Å². The molecule has 0 fully saturated rings. The molecule has 0 radical (unpaired) electrons. The molecule has 0 spiro atoms. The molecule has 180 valence electrons. The first-order valence-corrected chi connectivity index (χ1v) is 10.4. The molecule has 0 saturated carbocycles. The summed E-state index contributed by atoms with van der Waals surface area (Å²) in [5.41, 5.74) is 2.82. The molecule has 35 heavy (non-hydrogen) atoms. The number of ether oxygens (including phenoxy) is 2. The predicted octanol–water partition coefficient (Wildman–Crippen LogP) is 5.21. The standard InChI is InChI=1S/C21H16BrN5O8/c1-34-20-9-14(11-23-24-18-7-6-16(26(30)31)10-19(18)27(32)33)8-17(22)21(20)35-12-13-2-4-15(5-3-13)25(28)29/h2-11,24H,12H2,1H3/b23-11+. The second-order valence-electron chi connectivity index (χ2n) is 6.83. The molecule has 0 heterocycles. The van der Waals surface area contributed by atoms with E-state index in [1.54, 1.807) is 24.3 Å². The van der Waals surface area contributed by atoms with Crippen LogP contribution in [-0.2, 0) is 6.61 Å². The summed E-state index contributed by atoms with van der Waals surface area (Å²) in [5, 5.41) is 36.8. The SMILES string of the molecule is COc1cc(/C=N/Nc2ccc([N+](=O)[O-])cc2[N+](=O)[O-])cc(Br)c1OCc1ccc([N+](=O)[O-])cc1. The maximum Gasteiger partial charge on any atom is 0.301 e. The molecule has 0 aliphatic rings. The molecule has 0 amide bonds. The van der Waals surface area contributed by atoms with Crippen molar-refractivity contribution in [2.24, 2.45) is 5.10 Å². The molecule has 13 nitrogen and oxygen atoms in total. The van der Waals surface area contributed by atoms with E-state index in [-0.39, 0.29) is 18.0 Å². The number of nitrogens with one attached hydrogen (secondary N) is 1. The van der Waals surface area contributed by atoms with Crippen LogP contribution in [0.2, 0.25) is 0 Å². The quantitative estimate of drug-likeness (QED) is 0.204. The van der Waals surface area contributed by atoms with E-state index in [9.17, 15) is 30.3 Å². The lowest BCUT2D eigenvalue weighted by Crippen LogP contribution is -2.01. The van der Waals surface area contributed by atoms with Gasteiger partial charge in [0.25, 0.3) is 11.4 Å². The number of anilines is 1. The number of nitro groups is 3. The molecular formula is C21H16BrN5O8. The Labute approximate surface area is 205 Å². The van der Waals surface area contributed by atoms with Crippen LogP contribution in [0.25, 0.3) is 0 Å². The molecule has 0 aliphatic carbocycles. The highest BCUT2D eigenvalue weighted by molar-refractivity contribution is 9.10. The number of hydrogen-bond acceptors (Lipinski definition) is 10. The molecule has 0 unspecified atom stereocenters. The average molecular weight is 546 g/mol. The molecule has 0 aromatic heterocycles. The van der Waals surface area contributed by atoms with E-state index in [0.717, 1.165) is 12.1 Å². The van der Waals surface area contributed by atoms with Crippen LogP contribution < -0.4 is 14.9 Å². The van der Waals surface area contributed by atoms with Crippen molar-refractivity contribution < 1.29 is 24.2 Å². The van der Waals surface area contributed by atoms with Crippen molar-refractivity contribution in [2.75, 3.05) is 12.5 Å². The van der Waals surface area contributed by atoms with Gasteiger partial charge in [-0.05, 0) is 57.4 Å². The Bertz CT molecular complexity index is 1310. The van der Waals surface area contributed by atoms with Gasteiger partial charge in [0.15, 0.2) is 11.5 Å². The lowest BCUT2D eigenvalue weighted by atomic mass is 10.2. The van der Waals surface area contributed by atoms with E-state index in [1.807, 2.05) is 0 Å². The average Bonchev–Trinajstić information content (AvgIpc) is 2.83. The number of methoxy groups -OCH3 is 1. The molecule has 3 aromatic carbocycles. The molecule has 14 heteroatoms. The van der Waals surface area contributed by atoms with E-state index in [2.05, 4.69) is 26.5 Å². The fourth-order valence-electron chi connectivity index (χ4n) is 2.88. The summed E-state index contributed by atoms with van der Waals surface area (Å²) in [6, 6.07) is 12.4. The fraction of sp³-hybridized carbons (Fsp3) is 0.0952. The summed E-state index contributed by atoms with van der Waals surface area (Å²) < 4.78 is 11.7. The van der Waals surface area contributed by atoms with Crippen LogP contribution >= 0.6 is 15.9 Å². The van der Waals surface area contributed by atoms with Crippen LogP contribution in [-0.4, -0.2) is 28.1 Å². The van der Waals surface area contributed by atoms with Gasteiger partial charge in [-0.25, -0.2) is 0 Å². The molecule has 0 atom stereocenters. The molecule has 3 rings (SSSR count). The zero-order chi connectivity index (χ0) is 25.5. The highest BCUT2D eigenvalue weighted by atomic mass is 79.9. The fourth-order valence-corrected chi connectivity index (χ4v) is 3.45. The van der Waals surface area contributed by atoms with Gasteiger partial charge in [0.1, 0.15) is 12.3 Å². The van der Waals surface area contributed by atoms with Crippen molar-refractivity contribution in [1.29, 1.82) is 0 Å². The number of hydrazone groups is 1. The molecular weight excluding hydrogens is 530 g/mol. The smallest absolute Gasteiger partial charge is 0.301 e. The minimum Gasteiger partial charge on any atom is -0.493 e. The summed E-state index contributed by atoms with van der Waals surface area (Å²) in [6.07, 6.45) is 1.37. The Morgan fingerprint density at radius 3 is 2.20 bits per heavy atom. The van der Waals surface area contributed by atoms with Crippen LogP contribution in [0.5, 0.6) is 11.5 Å². The number of nitro benzene ring substituents is 3. The highest BCUT2D eigenvalue weighted by Gasteiger charge is 2.19. The van der Waals surface area contributed by atoms with Crippen molar-refractivity contribution in [3.05, 3.63) is 101 Å². The van der Waals surface area contributed by atoms with Crippen molar-refractivity contribution in [3.63, 3.8) is 0 Å². The largest absolute Gasteiger partial charge is 0.493 e. The summed E-state index contributed by atoms with van der Waals surface area (Å²) >= 11 is 3.40. The normalized spacial score (nSPS) is 10.7. The van der Waals surface area contributed by atoms with Gasteiger partial charge in [0.05, 0.1) is 38.6 Å². The topological polar surface area (TPSA) is 172 Å². The lowest BCUT2D eigenvalue weighted by Gasteiger charge is -2.13. The zero-order valence-corrected chi connectivity index (χ0v) is 19.5. The third kappa shape index (κ3) is 6.26. The van der Waals surface area contributed by atoms with E-state index < -0.39 is 26.1 Å². The predicted molar refractivity (Wildman–Crippen MR) is 129 cm³/mol. The van der Waals surface area contributed by atoms with Crippen LogP contribution in [0.4, 0.5) is 22.7 Å². The summed E-state index contributed by atoms with van der Waals surface area (Å²) in [7, 11) is 1.44. The Morgan fingerprint density at radius 2 is 1.60 bits per heavy atom. The van der Waals surface area contributed by atoms with Crippen LogP contribution in [0.3, 0.4) is 0 Å². The molecule has 0 bridgehead atoms. The maximum atomic E-state index is 11.2. The minimum absolute atomic E-state index is 0.0223. The van der Waals surface area contributed by atoms with Crippen molar-refractivity contribution in [3.8, 4) is 11.5 Å². The van der Waals surface area contributed by atoms with Gasteiger partial charge >= 0.3 is 5.69 Å². The van der Waals surface area contributed by atoms with E-state index in [1.165, 1.54) is 31.5 Å². The first-order valence-electron chi connectivity index (χ1n) is 9.65. The highest BCUT2D eigenvalue weighted by Crippen LogP contribution is 2.37. The number of benzene rings is 3. The number of rotatable bonds is 10. The molecule has 3 aromatic rings. The van der Waals surface area contributed by atoms with E-state index in [0.29, 0.717) is 27.1 Å². The Balaban J connectivity index is 1.75. The first-order chi connectivity index (χ1) is 16.7. The van der Waals surface area contributed by atoms with E-state index >= 15 is 0 Å². The summed E-state index contributed by atoms with van der Waals surface area (Å²) in [6.45, 7) is 0.131. The first kappa shape index (κ1) is 25.0. The second-order valence-corrected chi connectivity index (χ2v) is 7.69. The lowest BCUT2D eigenvalue weighted by molar-refractivity contribution is -0.393. The number of non-ortho nitro benzene ring substituents is 2. The second kappa shape index (κ2) is 11.0. The van der Waals surface area contributed by atoms with Crippen molar-refractivity contribution in [2.45, 2.75) is 6.61 Å². The van der Waals surface area contributed by atoms with Crippen LogP contribution in [0, 0.1) is 30.3 Å². The third-order valence-electron chi connectivity index (χ3n) is 4.57. The number of nitrogens with zero attached hydrogens (tertiary/aromatic N) is 4. The van der Waals surface area contributed by atoms with Gasteiger partial charge < -0.3 is 9.47 Å². The Kier molecular flexibility index (Phi) is 7.88. The van der Waals surface area contributed by atoms with Gasteiger partial charge in [-0.15, -0.1) is 0 Å². The van der Waals surface area contributed by atoms with Crippen LogP contribution in [0.15, 0.2) is 64.2 Å². The molecule has 0 saturated heterocycles. The molecule has 1 N–H and O–H groups in total.